The number of pyridine rings is 1. The largest absolute Gasteiger partial charge is 0.493 e. The third-order valence-electron chi connectivity index (χ3n) is 3.72. The zero-order valence-corrected chi connectivity index (χ0v) is 16.2. The maximum atomic E-state index is 9.99. The number of aromatic nitrogens is 1. The van der Waals surface area contributed by atoms with E-state index in [1.54, 1.807) is 32.5 Å². The monoisotopic (exact) mass is 393 g/mol. The highest BCUT2D eigenvalue weighted by molar-refractivity contribution is 5.85. The van der Waals surface area contributed by atoms with Crippen LogP contribution in [0.1, 0.15) is 11.1 Å². The fourth-order valence-corrected chi connectivity index (χ4v) is 2.36. The molecule has 1 heterocycles. The zero-order chi connectivity index (χ0) is 18.8. The van der Waals surface area contributed by atoms with Gasteiger partial charge in [0.15, 0.2) is 11.5 Å². The average molecular weight is 394 g/mol. The van der Waals surface area contributed by atoms with Gasteiger partial charge < -0.3 is 24.6 Å². The van der Waals surface area contributed by atoms with Crippen LogP contribution in [-0.4, -0.2) is 50.1 Å². The number of methoxy groups -OCH3 is 2. The Kier molecular flexibility index (Phi) is 9.98. The Morgan fingerprint density at radius 3 is 2.70 bits per heavy atom. The standard InChI is InChI=1S/C19H23N3O4.ClH/c1-24-17-6-5-14(10-18(17)25-2)7-9-21-12-16(23)13-26-19-15(11-20)4-3-8-22-19;/h3-6,8,10,16,21,23H,7,9,12-13H2,1-2H3;1H/t16-;/m1./s1. The molecule has 2 rings (SSSR count). The van der Waals surface area contributed by atoms with Gasteiger partial charge in [-0.1, -0.05) is 6.07 Å². The number of rotatable bonds is 10. The van der Waals surface area contributed by atoms with Gasteiger partial charge in [0.1, 0.15) is 24.3 Å². The van der Waals surface area contributed by atoms with Crippen molar-refractivity contribution in [1.82, 2.24) is 10.3 Å². The van der Waals surface area contributed by atoms with E-state index in [4.69, 9.17) is 19.5 Å². The molecule has 27 heavy (non-hydrogen) atoms. The SMILES string of the molecule is COc1ccc(CCNC[C@@H](O)COc2ncccc2C#N)cc1OC.Cl. The molecule has 0 saturated carbocycles. The van der Waals surface area contributed by atoms with Crippen molar-refractivity contribution < 1.29 is 19.3 Å². The molecule has 0 aliphatic carbocycles. The second-order valence-corrected chi connectivity index (χ2v) is 5.58. The van der Waals surface area contributed by atoms with Crippen LogP contribution in [0.4, 0.5) is 0 Å². The highest BCUT2D eigenvalue weighted by Gasteiger charge is 2.09. The first kappa shape index (κ1) is 22.5. The van der Waals surface area contributed by atoms with Gasteiger partial charge in [-0.05, 0) is 42.8 Å². The van der Waals surface area contributed by atoms with Crippen molar-refractivity contribution in [2.24, 2.45) is 0 Å². The molecule has 1 aromatic heterocycles. The number of aliphatic hydroxyl groups is 1. The highest BCUT2D eigenvalue weighted by Crippen LogP contribution is 2.27. The van der Waals surface area contributed by atoms with Crippen molar-refractivity contribution >= 4 is 12.4 Å². The summed E-state index contributed by atoms with van der Waals surface area (Å²) in [5.41, 5.74) is 1.45. The molecule has 0 bridgehead atoms. The Hall–Kier alpha value is -2.53. The lowest BCUT2D eigenvalue weighted by atomic mass is 10.1. The number of hydrogen-bond acceptors (Lipinski definition) is 7. The Morgan fingerprint density at radius 1 is 1.22 bits per heavy atom. The van der Waals surface area contributed by atoms with Gasteiger partial charge in [-0.3, -0.25) is 0 Å². The molecule has 146 valence electrons. The minimum Gasteiger partial charge on any atom is -0.493 e. The van der Waals surface area contributed by atoms with Gasteiger partial charge >= 0.3 is 0 Å². The molecule has 0 amide bonds. The van der Waals surface area contributed by atoms with E-state index in [9.17, 15) is 5.11 Å². The fourth-order valence-electron chi connectivity index (χ4n) is 2.36. The maximum absolute atomic E-state index is 9.99. The second kappa shape index (κ2) is 12.0. The number of hydrogen-bond donors (Lipinski definition) is 2. The highest BCUT2D eigenvalue weighted by atomic mass is 35.5. The molecule has 0 fully saturated rings. The number of nitrogens with one attached hydrogen (secondary N) is 1. The molecular weight excluding hydrogens is 370 g/mol. The number of nitriles is 1. The molecular formula is C19H24ClN3O4. The summed E-state index contributed by atoms with van der Waals surface area (Å²) in [6, 6.07) is 11.1. The summed E-state index contributed by atoms with van der Waals surface area (Å²) in [5, 5.41) is 22.1. The van der Waals surface area contributed by atoms with Crippen molar-refractivity contribution in [1.29, 1.82) is 5.26 Å². The minimum absolute atomic E-state index is 0. The van der Waals surface area contributed by atoms with Gasteiger partial charge in [0.2, 0.25) is 5.88 Å². The number of aliphatic hydroxyl groups excluding tert-OH is 1. The van der Waals surface area contributed by atoms with E-state index >= 15 is 0 Å². The Bertz CT molecular complexity index is 752. The van der Waals surface area contributed by atoms with Crippen molar-refractivity contribution in [3.8, 4) is 23.4 Å². The van der Waals surface area contributed by atoms with Crippen LogP contribution < -0.4 is 19.5 Å². The summed E-state index contributed by atoms with van der Waals surface area (Å²) < 4.78 is 15.9. The summed E-state index contributed by atoms with van der Waals surface area (Å²) in [5.74, 6) is 1.63. The van der Waals surface area contributed by atoms with Crippen LogP contribution >= 0.6 is 12.4 Å². The molecule has 1 atom stereocenters. The first-order valence-corrected chi connectivity index (χ1v) is 8.25. The minimum atomic E-state index is -0.700. The van der Waals surface area contributed by atoms with Crippen LogP contribution in [0.25, 0.3) is 0 Å². The van der Waals surface area contributed by atoms with E-state index in [1.807, 2.05) is 24.3 Å². The van der Waals surface area contributed by atoms with E-state index in [2.05, 4.69) is 10.3 Å². The number of nitrogens with zero attached hydrogens (tertiary/aromatic N) is 2. The van der Waals surface area contributed by atoms with Crippen LogP contribution in [0.2, 0.25) is 0 Å². The number of ether oxygens (including phenoxy) is 3. The number of benzene rings is 1. The van der Waals surface area contributed by atoms with Crippen LogP contribution in [0.3, 0.4) is 0 Å². The molecule has 7 nitrogen and oxygen atoms in total. The first-order valence-electron chi connectivity index (χ1n) is 8.25. The number of halogens is 1. The van der Waals surface area contributed by atoms with Crippen molar-refractivity contribution in [2.75, 3.05) is 33.9 Å². The predicted octanol–water partition coefficient (Wildman–Crippen LogP) is 1.96. The summed E-state index contributed by atoms with van der Waals surface area (Å²) in [7, 11) is 3.21. The summed E-state index contributed by atoms with van der Waals surface area (Å²) in [4.78, 5) is 3.99. The topological polar surface area (TPSA) is 96.6 Å². The van der Waals surface area contributed by atoms with E-state index in [1.165, 1.54) is 0 Å². The summed E-state index contributed by atoms with van der Waals surface area (Å²) in [6.07, 6.45) is 1.63. The van der Waals surface area contributed by atoms with Gasteiger partial charge in [-0.15, -0.1) is 12.4 Å². The predicted molar refractivity (Wildman–Crippen MR) is 104 cm³/mol. The second-order valence-electron chi connectivity index (χ2n) is 5.58. The van der Waals surface area contributed by atoms with Gasteiger partial charge in [-0.2, -0.15) is 5.26 Å². The molecule has 0 unspecified atom stereocenters. The Balaban J connectivity index is 0.00000364. The van der Waals surface area contributed by atoms with Crippen LogP contribution in [0.15, 0.2) is 36.5 Å². The third-order valence-corrected chi connectivity index (χ3v) is 3.72. The van der Waals surface area contributed by atoms with E-state index < -0.39 is 6.10 Å². The summed E-state index contributed by atoms with van der Waals surface area (Å²) >= 11 is 0. The normalized spacial score (nSPS) is 11.0. The molecule has 2 N–H and O–H groups in total. The lowest BCUT2D eigenvalue weighted by molar-refractivity contribution is 0.104. The van der Waals surface area contributed by atoms with Gasteiger partial charge in [0.25, 0.3) is 0 Å². The average Bonchev–Trinajstić information content (AvgIpc) is 2.69. The quantitative estimate of drug-likeness (QED) is 0.595. The van der Waals surface area contributed by atoms with E-state index in [0.29, 0.717) is 30.2 Å². The molecule has 0 saturated heterocycles. The van der Waals surface area contributed by atoms with E-state index in [0.717, 1.165) is 12.0 Å². The zero-order valence-electron chi connectivity index (χ0n) is 15.3. The van der Waals surface area contributed by atoms with Crippen molar-refractivity contribution in [3.63, 3.8) is 0 Å². The molecule has 0 spiro atoms. The van der Waals surface area contributed by atoms with Crippen LogP contribution in [-0.2, 0) is 6.42 Å². The molecule has 0 radical (unpaired) electrons. The lowest BCUT2D eigenvalue weighted by Gasteiger charge is -2.14. The Labute approximate surface area is 165 Å². The maximum Gasteiger partial charge on any atom is 0.231 e. The van der Waals surface area contributed by atoms with Crippen LogP contribution in [0.5, 0.6) is 17.4 Å². The van der Waals surface area contributed by atoms with Gasteiger partial charge in [-0.25, -0.2) is 4.98 Å². The first-order chi connectivity index (χ1) is 12.7. The smallest absolute Gasteiger partial charge is 0.231 e. The molecule has 0 aliphatic heterocycles. The molecule has 2 aromatic rings. The molecule has 8 heteroatoms. The van der Waals surface area contributed by atoms with Crippen LogP contribution in [0, 0.1) is 11.3 Å². The van der Waals surface area contributed by atoms with Gasteiger partial charge in [0.05, 0.1) is 14.2 Å². The lowest BCUT2D eigenvalue weighted by Crippen LogP contribution is -2.32. The van der Waals surface area contributed by atoms with Crippen molar-refractivity contribution in [3.05, 3.63) is 47.7 Å². The van der Waals surface area contributed by atoms with E-state index in [-0.39, 0.29) is 24.9 Å². The van der Waals surface area contributed by atoms with Gasteiger partial charge in [0, 0.05) is 12.7 Å². The fraction of sp³-hybridized carbons (Fsp3) is 0.368. The third kappa shape index (κ3) is 6.94. The summed E-state index contributed by atoms with van der Waals surface area (Å²) in [6.45, 7) is 1.14. The van der Waals surface area contributed by atoms with Crippen molar-refractivity contribution in [2.45, 2.75) is 12.5 Å². The molecule has 0 aliphatic rings. The Morgan fingerprint density at radius 2 is 2.00 bits per heavy atom. The molecule has 1 aromatic carbocycles.